The minimum absolute atomic E-state index is 0.0548. The van der Waals surface area contributed by atoms with Gasteiger partial charge in [-0.3, -0.25) is 13.9 Å². The summed E-state index contributed by atoms with van der Waals surface area (Å²) in [5, 5.41) is 0.243. The molecule has 1 N–H and O–H groups in total. The number of hydrogen-bond donors (Lipinski definition) is 1. The van der Waals surface area contributed by atoms with E-state index in [1.807, 2.05) is 13.8 Å². The highest BCUT2D eigenvalue weighted by molar-refractivity contribution is 7.89. The predicted molar refractivity (Wildman–Crippen MR) is 101 cm³/mol. The smallest absolute Gasteiger partial charge is 0.293 e. The second-order valence-electron chi connectivity index (χ2n) is 7.13. The quantitative estimate of drug-likeness (QED) is 0.858. The van der Waals surface area contributed by atoms with Crippen LogP contribution in [0.25, 0.3) is 10.9 Å². The molecule has 1 fully saturated rings. The highest BCUT2D eigenvalue weighted by Gasteiger charge is 2.33. The largest absolute Gasteiger partial charge is 0.331 e. The number of hydrogen-bond acceptors (Lipinski definition) is 4. The molecule has 0 aliphatic heterocycles. The Bertz CT molecular complexity index is 1060. The summed E-state index contributed by atoms with van der Waals surface area (Å²) in [5.74, 6) is 0. The lowest BCUT2D eigenvalue weighted by atomic mass is 10.0. The topological polar surface area (TPSA) is 90.2 Å². The van der Waals surface area contributed by atoms with Gasteiger partial charge in [-0.15, -0.1) is 0 Å². The van der Waals surface area contributed by atoms with Crippen LogP contribution in [0, 0.1) is 0 Å². The van der Waals surface area contributed by atoms with Gasteiger partial charge in [0, 0.05) is 18.6 Å². The van der Waals surface area contributed by atoms with Crippen LogP contribution in [0.4, 0.5) is 0 Å². The van der Waals surface area contributed by atoms with Gasteiger partial charge in [-0.05, 0) is 51.8 Å². The molecule has 0 radical (unpaired) electrons. The van der Waals surface area contributed by atoms with Gasteiger partial charge in [0.15, 0.2) is 0 Å². The SMILES string of the molecule is CCn1c(=O)c2cc(S(=O)(=O)NC3(C)CCCC3)ccc2n(CC)c1=O. The van der Waals surface area contributed by atoms with Gasteiger partial charge >= 0.3 is 5.69 Å². The molecule has 0 spiro atoms. The van der Waals surface area contributed by atoms with E-state index in [1.54, 1.807) is 13.0 Å². The lowest BCUT2D eigenvalue weighted by molar-refractivity contribution is 0.427. The van der Waals surface area contributed by atoms with Gasteiger partial charge in [0.1, 0.15) is 0 Å². The van der Waals surface area contributed by atoms with Crippen molar-refractivity contribution >= 4 is 20.9 Å². The van der Waals surface area contributed by atoms with E-state index < -0.39 is 21.1 Å². The van der Waals surface area contributed by atoms with Crippen molar-refractivity contribution in [2.24, 2.45) is 0 Å². The number of sulfonamides is 1. The van der Waals surface area contributed by atoms with Crippen molar-refractivity contribution in [1.82, 2.24) is 13.9 Å². The first-order valence-electron chi connectivity index (χ1n) is 9.04. The van der Waals surface area contributed by atoms with Crippen molar-refractivity contribution in [3.05, 3.63) is 39.0 Å². The maximum absolute atomic E-state index is 12.8. The van der Waals surface area contributed by atoms with Crippen molar-refractivity contribution in [1.29, 1.82) is 0 Å². The van der Waals surface area contributed by atoms with Crippen LogP contribution in [0.15, 0.2) is 32.7 Å². The van der Waals surface area contributed by atoms with Gasteiger partial charge in [-0.1, -0.05) is 12.8 Å². The Hall–Kier alpha value is -1.93. The molecule has 1 aliphatic carbocycles. The molecule has 1 saturated carbocycles. The van der Waals surface area contributed by atoms with Crippen LogP contribution in [-0.4, -0.2) is 23.1 Å². The van der Waals surface area contributed by atoms with E-state index in [0.29, 0.717) is 12.1 Å². The van der Waals surface area contributed by atoms with Gasteiger partial charge in [-0.25, -0.2) is 17.9 Å². The molecule has 1 heterocycles. The second-order valence-corrected chi connectivity index (χ2v) is 8.81. The van der Waals surface area contributed by atoms with Gasteiger partial charge in [0.25, 0.3) is 5.56 Å². The number of aromatic nitrogens is 2. The highest BCUT2D eigenvalue weighted by atomic mass is 32.2. The number of nitrogens with one attached hydrogen (secondary N) is 1. The van der Waals surface area contributed by atoms with Crippen LogP contribution in [0.2, 0.25) is 0 Å². The molecule has 0 unspecified atom stereocenters. The van der Waals surface area contributed by atoms with Crippen LogP contribution in [0.3, 0.4) is 0 Å². The fraction of sp³-hybridized carbons (Fsp3) is 0.556. The Morgan fingerprint density at radius 1 is 1.08 bits per heavy atom. The van der Waals surface area contributed by atoms with Crippen molar-refractivity contribution in [3.8, 4) is 0 Å². The Balaban J connectivity index is 2.18. The van der Waals surface area contributed by atoms with Crippen LogP contribution < -0.4 is 16.0 Å². The summed E-state index contributed by atoms with van der Waals surface area (Å²) in [6.07, 6.45) is 3.61. The van der Waals surface area contributed by atoms with Crippen molar-refractivity contribution in [2.75, 3.05) is 0 Å². The third-order valence-electron chi connectivity index (χ3n) is 5.23. The van der Waals surface area contributed by atoms with Crippen molar-refractivity contribution in [2.45, 2.75) is 70.0 Å². The standard InChI is InChI=1S/C18H25N3O4S/c1-4-20-15-9-8-13(12-14(15)16(22)21(5-2)17(20)23)26(24,25)19-18(3)10-6-7-11-18/h8-9,12,19H,4-7,10-11H2,1-3H3. The van der Waals surface area contributed by atoms with E-state index in [9.17, 15) is 18.0 Å². The normalized spacial score (nSPS) is 17.0. The fourth-order valence-corrected chi connectivity index (χ4v) is 5.29. The van der Waals surface area contributed by atoms with E-state index in [2.05, 4.69) is 4.72 Å². The summed E-state index contributed by atoms with van der Waals surface area (Å²) in [6.45, 7) is 6.09. The number of aryl methyl sites for hydroxylation is 1. The minimum atomic E-state index is -3.75. The molecule has 0 saturated heterocycles. The summed E-state index contributed by atoms with van der Waals surface area (Å²) >= 11 is 0. The zero-order valence-corrected chi connectivity index (χ0v) is 16.2. The van der Waals surface area contributed by atoms with Gasteiger partial charge in [-0.2, -0.15) is 0 Å². The molecular formula is C18H25N3O4S. The minimum Gasteiger partial charge on any atom is -0.293 e. The number of rotatable bonds is 5. The number of fused-ring (bicyclic) bond motifs is 1. The van der Waals surface area contributed by atoms with Gasteiger partial charge in [0.05, 0.1) is 15.8 Å². The Labute approximate surface area is 152 Å². The molecule has 3 rings (SSSR count). The van der Waals surface area contributed by atoms with Crippen molar-refractivity contribution in [3.63, 3.8) is 0 Å². The zero-order chi connectivity index (χ0) is 19.1. The first-order chi connectivity index (χ1) is 12.2. The maximum Gasteiger partial charge on any atom is 0.331 e. The summed E-state index contributed by atoms with van der Waals surface area (Å²) < 4.78 is 31.1. The Morgan fingerprint density at radius 3 is 2.27 bits per heavy atom. The maximum atomic E-state index is 12.8. The molecule has 7 nitrogen and oxygen atoms in total. The molecule has 2 aromatic rings. The summed E-state index contributed by atoms with van der Waals surface area (Å²) in [6, 6.07) is 4.40. The predicted octanol–water partition coefficient (Wildman–Crippen LogP) is 1.81. The molecule has 0 atom stereocenters. The molecule has 0 amide bonds. The Kier molecular flexibility index (Phi) is 4.83. The van der Waals surface area contributed by atoms with E-state index in [-0.39, 0.29) is 22.5 Å². The molecule has 1 aromatic carbocycles. The van der Waals surface area contributed by atoms with Gasteiger partial charge < -0.3 is 0 Å². The zero-order valence-electron chi connectivity index (χ0n) is 15.4. The fourth-order valence-electron chi connectivity index (χ4n) is 3.80. The molecule has 26 heavy (non-hydrogen) atoms. The molecule has 1 aliphatic rings. The lowest BCUT2D eigenvalue weighted by Crippen LogP contribution is -2.43. The summed E-state index contributed by atoms with van der Waals surface area (Å²) in [7, 11) is -3.75. The summed E-state index contributed by atoms with van der Waals surface area (Å²) in [5.41, 5.74) is -0.821. The third-order valence-corrected chi connectivity index (χ3v) is 6.86. The van der Waals surface area contributed by atoms with Crippen LogP contribution in [0.1, 0.15) is 46.5 Å². The van der Waals surface area contributed by atoms with E-state index in [0.717, 1.165) is 30.3 Å². The van der Waals surface area contributed by atoms with Crippen LogP contribution in [0.5, 0.6) is 0 Å². The lowest BCUT2D eigenvalue weighted by Gasteiger charge is -2.25. The Morgan fingerprint density at radius 2 is 1.69 bits per heavy atom. The van der Waals surface area contributed by atoms with Gasteiger partial charge in [0.2, 0.25) is 10.0 Å². The van der Waals surface area contributed by atoms with Crippen LogP contribution in [-0.2, 0) is 23.1 Å². The highest BCUT2D eigenvalue weighted by Crippen LogP contribution is 2.30. The second kappa shape index (κ2) is 6.66. The van der Waals surface area contributed by atoms with E-state index >= 15 is 0 Å². The van der Waals surface area contributed by atoms with Crippen molar-refractivity contribution < 1.29 is 8.42 Å². The molecule has 1 aromatic heterocycles. The van der Waals surface area contributed by atoms with Crippen LogP contribution >= 0.6 is 0 Å². The average molecular weight is 379 g/mol. The molecular weight excluding hydrogens is 354 g/mol. The number of nitrogens with zero attached hydrogens (tertiary/aromatic N) is 2. The van der Waals surface area contributed by atoms with E-state index in [1.165, 1.54) is 16.7 Å². The monoisotopic (exact) mass is 379 g/mol. The molecule has 0 bridgehead atoms. The van der Waals surface area contributed by atoms with E-state index in [4.69, 9.17) is 0 Å². The molecule has 142 valence electrons. The first-order valence-corrected chi connectivity index (χ1v) is 10.5. The third kappa shape index (κ3) is 3.12. The number of benzene rings is 1. The first kappa shape index (κ1) is 18.8. The molecule has 8 heteroatoms. The average Bonchev–Trinajstić information content (AvgIpc) is 3.00. The summed E-state index contributed by atoms with van der Waals surface area (Å²) in [4.78, 5) is 25.1.